The Hall–Kier alpha value is -1.16. The number of nitrogen functional groups attached to an aromatic ring is 1. The molecule has 0 aromatic heterocycles. The number of carbonyl (C=O) groups is 1. The number of amides is 1. The first-order valence-corrected chi connectivity index (χ1v) is 7.85. The monoisotopic (exact) mass is 280 g/mol. The highest BCUT2D eigenvalue weighted by Crippen LogP contribution is 2.16. The smallest absolute Gasteiger partial charge is 0.230 e. The normalized spacial score (nSPS) is 10.4. The summed E-state index contributed by atoms with van der Waals surface area (Å²) in [5.41, 5.74) is 6.34. The van der Waals surface area contributed by atoms with Crippen molar-refractivity contribution >= 4 is 23.5 Å². The predicted octanol–water partition coefficient (Wildman–Crippen LogP) is 4.14. The summed E-state index contributed by atoms with van der Waals surface area (Å²) in [6, 6.07) is 7.49. The fourth-order valence-electron chi connectivity index (χ4n) is 1.77. The summed E-state index contributed by atoms with van der Waals surface area (Å²) >= 11 is 1.35. The van der Waals surface area contributed by atoms with Gasteiger partial charge in [0.1, 0.15) is 0 Å². The fraction of sp³-hybridized carbons (Fsp3) is 0.533. The van der Waals surface area contributed by atoms with Gasteiger partial charge in [0.2, 0.25) is 5.91 Å². The molecule has 1 rings (SSSR count). The third-order valence-corrected chi connectivity index (χ3v) is 3.76. The maximum absolute atomic E-state index is 11.6. The lowest BCUT2D eigenvalue weighted by Gasteiger charge is -2.04. The molecule has 0 saturated heterocycles. The lowest BCUT2D eigenvalue weighted by atomic mass is 10.1. The summed E-state index contributed by atoms with van der Waals surface area (Å²) in [5, 5.41) is 0. The Morgan fingerprint density at radius 1 is 1.11 bits per heavy atom. The number of hydrogen-bond acceptors (Lipinski definition) is 3. The number of carbonyl (C=O) groups excluding carboxylic acids is 1. The van der Waals surface area contributed by atoms with Crippen LogP contribution in [0.2, 0.25) is 0 Å². The van der Waals surface area contributed by atoms with E-state index in [1.165, 1.54) is 37.6 Å². The third kappa shape index (κ3) is 7.78. The van der Waals surface area contributed by atoms with E-state index in [9.17, 15) is 4.79 Å². The molecule has 3 N–H and O–H groups in total. The highest BCUT2D eigenvalue weighted by molar-refractivity contribution is 7.98. The van der Waals surface area contributed by atoms with Crippen molar-refractivity contribution in [3.05, 3.63) is 24.3 Å². The molecule has 0 unspecified atom stereocenters. The molecule has 0 saturated carbocycles. The molecule has 0 spiro atoms. The van der Waals surface area contributed by atoms with Crippen LogP contribution in [0.3, 0.4) is 0 Å². The van der Waals surface area contributed by atoms with Crippen molar-refractivity contribution in [1.29, 1.82) is 0 Å². The first-order valence-electron chi connectivity index (χ1n) is 7.03. The van der Waals surface area contributed by atoms with Gasteiger partial charge >= 0.3 is 0 Å². The molecular formula is C15H24N2OS. The predicted molar refractivity (Wildman–Crippen MR) is 82.8 cm³/mol. The highest BCUT2D eigenvalue weighted by atomic mass is 32.2. The number of hydrogen-bond donors (Lipinski definition) is 2. The second-order valence-corrected chi connectivity index (χ2v) is 5.59. The van der Waals surface area contributed by atoms with Crippen LogP contribution in [0.25, 0.3) is 0 Å². The van der Waals surface area contributed by atoms with Gasteiger partial charge in [0.25, 0.3) is 0 Å². The Bertz CT molecular complexity index is 365. The number of benzene rings is 1. The van der Waals surface area contributed by atoms with Crippen molar-refractivity contribution < 1.29 is 4.79 Å². The summed E-state index contributed by atoms with van der Waals surface area (Å²) in [6.45, 7) is 2.21. The molecule has 0 aliphatic carbocycles. The molecule has 0 atom stereocenters. The first kappa shape index (κ1) is 15.9. The van der Waals surface area contributed by atoms with Crippen molar-refractivity contribution in [2.75, 3.05) is 5.73 Å². The standard InChI is InChI=1S/C15H24N2OS/c1-2-3-4-5-6-7-8-15(18)17-19-14-11-9-13(16)10-12-14/h9-12H,2-8,16H2,1H3,(H,17,18). The van der Waals surface area contributed by atoms with Crippen LogP contribution in [-0.2, 0) is 4.79 Å². The molecule has 0 bridgehead atoms. The maximum Gasteiger partial charge on any atom is 0.230 e. The molecule has 106 valence electrons. The third-order valence-electron chi connectivity index (χ3n) is 2.92. The molecule has 0 aliphatic heterocycles. The first-order chi connectivity index (χ1) is 9.22. The van der Waals surface area contributed by atoms with Gasteiger partial charge in [0.05, 0.1) is 0 Å². The van der Waals surface area contributed by atoms with Crippen LogP contribution in [0.15, 0.2) is 29.2 Å². The van der Waals surface area contributed by atoms with E-state index in [4.69, 9.17) is 5.73 Å². The minimum absolute atomic E-state index is 0.109. The largest absolute Gasteiger partial charge is 0.399 e. The molecule has 19 heavy (non-hydrogen) atoms. The number of nitrogens with one attached hydrogen (secondary N) is 1. The van der Waals surface area contributed by atoms with E-state index in [-0.39, 0.29) is 5.91 Å². The lowest BCUT2D eigenvalue weighted by molar-refractivity contribution is -0.119. The molecule has 0 aliphatic rings. The van der Waals surface area contributed by atoms with E-state index in [0.717, 1.165) is 23.4 Å². The van der Waals surface area contributed by atoms with E-state index < -0.39 is 0 Å². The van der Waals surface area contributed by atoms with Crippen molar-refractivity contribution in [3.8, 4) is 0 Å². The van der Waals surface area contributed by atoms with Crippen molar-refractivity contribution in [2.45, 2.75) is 56.8 Å². The highest BCUT2D eigenvalue weighted by Gasteiger charge is 2.02. The minimum Gasteiger partial charge on any atom is -0.399 e. The van der Waals surface area contributed by atoms with Gasteiger partial charge in [0, 0.05) is 17.0 Å². The molecule has 0 radical (unpaired) electrons. The van der Waals surface area contributed by atoms with Crippen LogP contribution >= 0.6 is 11.9 Å². The average Bonchev–Trinajstić information content (AvgIpc) is 2.42. The van der Waals surface area contributed by atoms with Gasteiger partial charge < -0.3 is 5.73 Å². The van der Waals surface area contributed by atoms with Crippen LogP contribution < -0.4 is 10.5 Å². The van der Waals surface area contributed by atoms with E-state index in [1.54, 1.807) is 0 Å². The molecular weight excluding hydrogens is 256 g/mol. The Balaban J connectivity index is 2.06. The lowest BCUT2D eigenvalue weighted by Crippen LogP contribution is -2.14. The Labute approximate surface area is 120 Å². The van der Waals surface area contributed by atoms with E-state index >= 15 is 0 Å². The summed E-state index contributed by atoms with van der Waals surface area (Å²) in [6.07, 6.45) is 7.86. The van der Waals surface area contributed by atoms with Gasteiger partial charge in [-0.15, -0.1) is 0 Å². The zero-order valence-corrected chi connectivity index (χ0v) is 12.5. The average molecular weight is 280 g/mol. The number of rotatable bonds is 9. The number of nitrogens with two attached hydrogens (primary N) is 1. The van der Waals surface area contributed by atoms with Crippen LogP contribution in [0.5, 0.6) is 0 Å². The molecule has 1 amide bonds. The summed E-state index contributed by atoms with van der Waals surface area (Å²) in [7, 11) is 0. The van der Waals surface area contributed by atoms with Gasteiger partial charge in [-0.05, 0) is 42.6 Å². The Kier molecular flexibility index (Phi) is 8.14. The molecule has 1 aromatic rings. The summed E-state index contributed by atoms with van der Waals surface area (Å²) in [5.74, 6) is 0.109. The van der Waals surface area contributed by atoms with Crippen LogP contribution in [0.4, 0.5) is 5.69 Å². The van der Waals surface area contributed by atoms with Crippen molar-refractivity contribution in [3.63, 3.8) is 0 Å². The quantitative estimate of drug-likeness (QED) is 0.406. The van der Waals surface area contributed by atoms with Crippen LogP contribution in [-0.4, -0.2) is 5.91 Å². The molecule has 4 heteroatoms. The van der Waals surface area contributed by atoms with Gasteiger partial charge in [-0.2, -0.15) is 0 Å². The fourth-order valence-corrected chi connectivity index (χ4v) is 2.37. The minimum atomic E-state index is 0.109. The zero-order chi connectivity index (χ0) is 13.9. The second kappa shape index (κ2) is 9.73. The SMILES string of the molecule is CCCCCCCCC(=O)NSc1ccc(N)cc1. The van der Waals surface area contributed by atoms with Gasteiger partial charge in [0.15, 0.2) is 0 Å². The summed E-state index contributed by atoms with van der Waals surface area (Å²) in [4.78, 5) is 12.6. The van der Waals surface area contributed by atoms with E-state index in [1.807, 2.05) is 24.3 Å². The maximum atomic E-state index is 11.6. The molecule has 0 heterocycles. The molecule has 3 nitrogen and oxygen atoms in total. The van der Waals surface area contributed by atoms with Gasteiger partial charge in [-0.3, -0.25) is 9.52 Å². The number of anilines is 1. The zero-order valence-electron chi connectivity index (χ0n) is 11.7. The molecule has 0 fully saturated rings. The van der Waals surface area contributed by atoms with Gasteiger partial charge in [-0.1, -0.05) is 39.0 Å². The van der Waals surface area contributed by atoms with Crippen LogP contribution in [0.1, 0.15) is 51.9 Å². The van der Waals surface area contributed by atoms with Crippen molar-refractivity contribution in [2.24, 2.45) is 0 Å². The van der Waals surface area contributed by atoms with Crippen molar-refractivity contribution in [1.82, 2.24) is 4.72 Å². The molecule has 1 aromatic carbocycles. The van der Waals surface area contributed by atoms with Gasteiger partial charge in [-0.25, -0.2) is 0 Å². The van der Waals surface area contributed by atoms with E-state index in [0.29, 0.717) is 6.42 Å². The number of unbranched alkanes of at least 4 members (excludes halogenated alkanes) is 5. The Morgan fingerprint density at radius 3 is 2.42 bits per heavy atom. The topological polar surface area (TPSA) is 55.1 Å². The van der Waals surface area contributed by atoms with E-state index in [2.05, 4.69) is 11.6 Å². The summed E-state index contributed by atoms with van der Waals surface area (Å²) < 4.78 is 2.86. The second-order valence-electron chi connectivity index (χ2n) is 4.71. The van der Waals surface area contributed by atoms with Crippen LogP contribution in [0, 0.1) is 0 Å². The Morgan fingerprint density at radius 2 is 1.74 bits per heavy atom.